The predicted molar refractivity (Wildman–Crippen MR) is 86.1 cm³/mol. The summed E-state index contributed by atoms with van der Waals surface area (Å²) in [6.07, 6.45) is 0. The van der Waals surface area contributed by atoms with E-state index in [1.807, 2.05) is 42.6 Å². The number of thiophene rings is 1. The van der Waals surface area contributed by atoms with Gasteiger partial charge in [-0.2, -0.15) is 4.98 Å². The number of anilines is 3. The lowest BCUT2D eigenvalue weighted by Crippen LogP contribution is -2.11. The van der Waals surface area contributed by atoms with Crippen LogP contribution in [0, 0.1) is 0 Å². The molecule has 108 valence electrons. The molecule has 0 unspecified atom stereocenters. The second-order valence-corrected chi connectivity index (χ2v) is 5.16. The average molecular weight is 301 g/mol. The number of nitrogens with zero attached hydrogens (tertiary/aromatic N) is 2. The maximum Gasteiger partial charge on any atom is 0.240 e. The first-order valence-corrected chi connectivity index (χ1v) is 7.40. The molecule has 2 heterocycles. The van der Waals surface area contributed by atoms with Gasteiger partial charge in [0.15, 0.2) is 0 Å². The minimum atomic E-state index is 0.383. The van der Waals surface area contributed by atoms with Crippen LogP contribution in [0.2, 0.25) is 0 Å². The molecule has 7 heteroatoms. The average Bonchev–Trinajstić information content (AvgIpc) is 2.96. The van der Waals surface area contributed by atoms with Gasteiger partial charge in [-0.25, -0.2) is 10.8 Å². The third-order valence-electron chi connectivity index (χ3n) is 2.86. The third-order valence-corrected chi connectivity index (χ3v) is 3.67. The van der Waals surface area contributed by atoms with Crippen molar-refractivity contribution in [3.63, 3.8) is 0 Å². The first-order chi connectivity index (χ1) is 10.3. The molecule has 3 rings (SSSR count). The summed E-state index contributed by atoms with van der Waals surface area (Å²) in [6, 6.07) is 9.72. The lowest BCUT2D eigenvalue weighted by atomic mass is 10.3. The van der Waals surface area contributed by atoms with Crippen molar-refractivity contribution < 1.29 is 4.74 Å². The topological polar surface area (TPSA) is 85.1 Å². The summed E-state index contributed by atoms with van der Waals surface area (Å²) in [6.45, 7) is 2.59. The summed E-state index contributed by atoms with van der Waals surface area (Å²) in [5.41, 5.74) is 3.38. The van der Waals surface area contributed by atoms with Gasteiger partial charge in [0, 0.05) is 11.8 Å². The number of aromatic nitrogens is 2. The van der Waals surface area contributed by atoms with Crippen molar-refractivity contribution in [3.05, 3.63) is 35.7 Å². The molecule has 0 saturated carbocycles. The number of nitrogens with one attached hydrogen (secondary N) is 2. The maximum absolute atomic E-state index is 5.50. The van der Waals surface area contributed by atoms with Crippen LogP contribution in [0.25, 0.3) is 10.2 Å². The quantitative estimate of drug-likeness (QED) is 0.496. The van der Waals surface area contributed by atoms with Gasteiger partial charge in [-0.3, -0.25) is 5.43 Å². The van der Waals surface area contributed by atoms with Crippen molar-refractivity contribution in [2.45, 2.75) is 6.92 Å². The molecule has 0 aliphatic heterocycles. The minimum absolute atomic E-state index is 0.383. The van der Waals surface area contributed by atoms with Gasteiger partial charge in [-0.15, -0.1) is 11.3 Å². The Morgan fingerprint density at radius 2 is 2.19 bits per heavy atom. The SMILES string of the molecule is CCOc1cccc(Nc2nc(NN)nc3sccc23)c1. The molecule has 0 aliphatic carbocycles. The van der Waals surface area contributed by atoms with Crippen LogP contribution in [-0.4, -0.2) is 16.6 Å². The molecule has 4 N–H and O–H groups in total. The monoisotopic (exact) mass is 301 g/mol. The summed E-state index contributed by atoms with van der Waals surface area (Å²) >= 11 is 1.54. The molecule has 2 aromatic heterocycles. The van der Waals surface area contributed by atoms with Crippen LogP contribution in [0.1, 0.15) is 6.92 Å². The molecular weight excluding hydrogens is 286 g/mol. The number of hydrogen-bond acceptors (Lipinski definition) is 7. The van der Waals surface area contributed by atoms with E-state index in [9.17, 15) is 0 Å². The highest BCUT2D eigenvalue weighted by Gasteiger charge is 2.09. The Bertz CT molecular complexity index is 758. The third kappa shape index (κ3) is 2.88. The molecule has 0 radical (unpaired) electrons. The highest BCUT2D eigenvalue weighted by atomic mass is 32.1. The summed E-state index contributed by atoms with van der Waals surface area (Å²) in [5, 5.41) is 6.22. The second kappa shape index (κ2) is 5.94. The second-order valence-electron chi connectivity index (χ2n) is 4.27. The van der Waals surface area contributed by atoms with E-state index in [0.29, 0.717) is 18.4 Å². The van der Waals surface area contributed by atoms with Gasteiger partial charge in [0.05, 0.1) is 12.0 Å². The molecular formula is C14H15N5OS. The van der Waals surface area contributed by atoms with E-state index >= 15 is 0 Å². The minimum Gasteiger partial charge on any atom is -0.494 e. The molecule has 0 atom stereocenters. The van der Waals surface area contributed by atoms with Crippen molar-refractivity contribution in [1.82, 2.24) is 9.97 Å². The first kappa shape index (κ1) is 13.6. The van der Waals surface area contributed by atoms with E-state index in [-0.39, 0.29) is 0 Å². The van der Waals surface area contributed by atoms with Gasteiger partial charge >= 0.3 is 0 Å². The van der Waals surface area contributed by atoms with Crippen molar-refractivity contribution in [2.24, 2.45) is 5.84 Å². The van der Waals surface area contributed by atoms with Crippen LogP contribution in [0.5, 0.6) is 5.75 Å². The van der Waals surface area contributed by atoms with Crippen LogP contribution in [0.4, 0.5) is 17.5 Å². The zero-order valence-electron chi connectivity index (χ0n) is 11.5. The fourth-order valence-corrected chi connectivity index (χ4v) is 2.75. The molecule has 0 saturated heterocycles. The van der Waals surface area contributed by atoms with Gasteiger partial charge in [0.2, 0.25) is 5.95 Å². The first-order valence-electron chi connectivity index (χ1n) is 6.52. The highest BCUT2D eigenvalue weighted by Crippen LogP contribution is 2.29. The van der Waals surface area contributed by atoms with Crippen LogP contribution >= 0.6 is 11.3 Å². The Morgan fingerprint density at radius 3 is 3.00 bits per heavy atom. The fraction of sp³-hybridized carbons (Fsp3) is 0.143. The number of fused-ring (bicyclic) bond motifs is 1. The van der Waals surface area contributed by atoms with Crippen molar-refractivity contribution in [2.75, 3.05) is 17.3 Å². The summed E-state index contributed by atoms with van der Waals surface area (Å²) < 4.78 is 5.50. The molecule has 21 heavy (non-hydrogen) atoms. The van der Waals surface area contributed by atoms with Crippen LogP contribution in [0.3, 0.4) is 0 Å². The Kier molecular flexibility index (Phi) is 3.85. The van der Waals surface area contributed by atoms with E-state index in [1.54, 1.807) is 11.3 Å². The highest BCUT2D eigenvalue weighted by molar-refractivity contribution is 7.16. The van der Waals surface area contributed by atoms with Crippen LogP contribution in [-0.2, 0) is 0 Å². The molecule has 0 spiro atoms. The zero-order valence-corrected chi connectivity index (χ0v) is 12.3. The lowest BCUT2D eigenvalue weighted by molar-refractivity contribution is 0.340. The number of hydrazine groups is 1. The molecule has 3 aromatic rings. The lowest BCUT2D eigenvalue weighted by Gasteiger charge is -2.10. The molecule has 1 aromatic carbocycles. The van der Waals surface area contributed by atoms with Gasteiger partial charge in [0.1, 0.15) is 16.4 Å². The molecule has 0 fully saturated rings. The van der Waals surface area contributed by atoms with E-state index in [2.05, 4.69) is 20.7 Å². The van der Waals surface area contributed by atoms with Crippen LogP contribution in [0.15, 0.2) is 35.7 Å². The van der Waals surface area contributed by atoms with Gasteiger partial charge in [0.25, 0.3) is 0 Å². The number of nitrogen functional groups attached to an aromatic ring is 1. The molecule has 0 amide bonds. The Morgan fingerprint density at radius 1 is 1.29 bits per heavy atom. The normalized spacial score (nSPS) is 10.6. The van der Waals surface area contributed by atoms with E-state index in [1.165, 1.54) is 0 Å². The molecule has 0 bridgehead atoms. The van der Waals surface area contributed by atoms with Crippen molar-refractivity contribution >= 4 is 39.0 Å². The van der Waals surface area contributed by atoms with Crippen molar-refractivity contribution in [1.29, 1.82) is 0 Å². The predicted octanol–water partition coefficient (Wildman–Crippen LogP) is 3.12. The van der Waals surface area contributed by atoms with Gasteiger partial charge in [-0.05, 0) is 30.5 Å². The van der Waals surface area contributed by atoms with Gasteiger partial charge < -0.3 is 10.1 Å². The summed E-state index contributed by atoms with van der Waals surface area (Å²) in [7, 11) is 0. The van der Waals surface area contributed by atoms with Gasteiger partial charge in [-0.1, -0.05) is 6.07 Å². The number of hydrogen-bond donors (Lipinski definition) is 3. The zero-order chi connectivity index (χ0) is 14.7. The smallest absolute Gasteiger partial charge is 0.240 e. The molecule has 0 aliphatic rings. The number of ether oxygens (including phenoxy) is 1. The van der Waals surface area contributed by atoms with E-state index in [4.69, 9.17) is 10.6 Å². The number of rotatable bonds is 5. The number of nitrogens with two attached hydrogens (primary N) is 1. The van der Waals surface area contributed by atoms with E-state index in [0.717, 1.165) is 21.7 Å². The molecule has 6 nitrogen and oxygen atoms in total. The van der Waals surface area contributed by atoms with Crippen LogP contribution < -0.4 is 21.3 Å². The number of benzene rings is 1. The fourth-order valence-electron chi connectivity index (χ4n) is 1.98. The standard InChI is InChI=1S/C14H15N5OS/c1-2-20-10-5-3-4-9(8-10)16-12-11-6-7-21-13(11)18-14(17-12)19-15/h3-8H,2,15H2,1H3,(H2,16,17,18,19). The Balaban J connectivity index is 1.97. The summed E-state index contributed by atoms with van der Waals surface area (Å²) in [4.78, 5) is 9.56. The Labute approximate surface area is 126 Å². The van der Waals surface area contributed by atoms with E-state index < -0.39 is 0 Å². The maximum atomic E-state index is 5.50. The van der Waals surface area contributed by atoms with Crippen molar-refractivity contribution in [3.8, 4) is 5.75 Å². The summed E-state index contributed by atoms with van der Waals surface area (Å²) in [5.74, 6) is 7.33. The largest absolute Gasteiger partial charge is 0.494 e. The Hall–Kier alpha value is -2.38.